The summed E-state index contributed by atoms with van der Waals surface area (Å²) >= 11 is 1.59. The molecule has 2 rings (SSSR count). The fourth-order valence-corrected chi connectivity index (χ4v) is 3.45. The van der Waals surface area contributed by atoms with Crippen LogP contribution in [0.15, 0.2) is 29.2 Å². The molecule has 1 saturated carbocycles. The molecule has 0 aliphatic heterocycles. The van der Waals surface area contributed by atoms with Crippen molar-refractivity contribution in [2.75, 3.05) is 12.3 Å². The number of hydrogen-bond acceptors (Lipinski definition) is 3. The highest BCUT2D eigenvalue weighted by molar-refractivity contribution is 8.00. The molecule has 1 fully saturated rings. The van der Waals surface area contributed by atoms with Crippen LogP contribution in [0, 0.1) is 6.92 Å². The van der Waals surface area contributed by atoms with E-state index in [2.05, 4.69) is 24.4 Å². The Morgan fingerprint density at radius 2 is 2.05 bits per heavy atom. The first-order valence-electron chi connectivity index (χ1n) is 6.85. The van der Waals surface area contributed by atoms with Gasteiger partial charge in [0.25, 0.3) is 0 Å². The van der Waals surface area contributed by atoms with Crippen molar-refractivity contribution in [1.29, 1.82) is 0 Å². The molecule has 0 unspecified atom stereocenters. The number of thioether (sulfide) groups is 1. The SMILES string of the molecule is Cc1ccccc1SCC(=O)NC1(CN)CCCC1. The lowest BCUT2D eigenvalue weighted by Crippen LogP contribution is -2.52. The van der Waals surface area contributed by atoms with Gasteiger partial charge in [0.05, 0.1) is 11.3 Å². The fourth-order valence-electron chi connectivity index (χ4n) is 2.63. The Hall–Kier alpha value is -1.00. The van der Waals surface area contributed by atoms with Gasteiger partial charge in [-0.3, -0.25) is 4.79 Å². The van der Waals surface area contributed by atoms with E-state index in [-0.39, 0.29) is 11.4 Å². The summed E-state index contributed by atoms with van der Waals surface area (Å²) in [7, 11) is 0. The largest absolute Gasteiger partial charge is 0.349 e. The van der Waals surface area contributed by atoms with E-state index in [0.29, 0.717) is 12.3 Å². The van der Waals surface area contributed by atoms with E-state index in [9.17, 15) is 4.79 Å². The molecule has 3 nitrogen and oxygen atoms in total. The summed E-state index contributed by atoms with van der Waals surface area (Å²) in [4.78, 5) is 13.2. The molecule has 1 aliphatic carbocycles. The molecule has 0 heterocycles. The van der Waals surface area contributed by atoms with E-state index >= 15 is 0 Å². The molecular weight excluding hydrogens is 256 g/mol. The molecule has 1 aromatic rings. The summed E-state index contributed by atoms with van der Waals surface area (Å²) < 4.78 is 0. The van der Waals surface area contributed by atoms with Crippen LogP contribution in [0.2, 0.25) is 0 Å². The third-order valence-corrected chi connectivity index (χ3v) is 4.98. The molecule has 1 amide bonds. The van der Waals surface area contributed by atoms with Crippen molar-refractivity contribution in [2.45, 2.75) is 43.0 Å². The molecule has 0 atom stereocenters. The molecule has 19 heavy (non-hydrogen) atoms. The Bertz CT molecular complexity index is 442. The molecule has 1 aromatic carbocycles. The van der Waals surface area contributed by atoms with Crippen LogP contribution in [0.4, 0.5) is 0 Å². The summed E-state index contributed by atoms with van der Waals surface area (Å²) in [5.74, 6) is 0.563. The monoisotopic (exact) mass is 278 g/mol. The third-order valence-electron chi connectivity index (χ3n) is 3.81. The van der Waals surface area contributed by atoms with Crippen molar-refractivity contribution in [3.63, 3.8) is 0 Å². The van der Waals surface area contributed by atoms with Crippen molar-refractivity contribution in [2.24, 2.45) is 5.73 Å². The number of rotatable bonds is 5. The van der Waals surface area contributed by atoms with Gasteiger partial charge in [-0.1, -0.05) is 31.0 Å². The van der Waals surface area contributed by atoms with Crippen LogP contribution in [0.5, 0.6) is 0 Å². The second kappa shape index (κ2) is 6.44. The Morgan fingerprint density at radius 3 is 2.68 bits per heavy atom. The molecule has 0 spiro atoms. The van der Waals surface area contributed by atoms with E-state index in [1.165, 1.54) is 23.3 Å². The molecule has 3 N–H and O–H groups in total. The highest BCUT2D eigenvalue weighted by Gasteiger charge is 2.33. The van der Waals surface area contributed by atoms with E-state index in [1.54, 1.807) is 11.8 Å². The smallest absolute Gasteiger partial charge is 0.230 e. The summed E-state index contributed by atoms with van der Waals surface area (Å²) in [6, 6.07) is 8.15. The van der Waals surface area contributed by atoms with Gasteiger partial charge in [-0.15, -0.1) is 11.8 Å². The first-order chi connectivity index (χ1) is 9.15. The third kappa shape index (κ3) is 3.74. The van der Waals surface area contributed by atoms with E-state index in [1.807, 2.05) is 12.1 Å². The van der Waals surface area contributed by atoms with Gasteiger partial charge in [-0.05, 0) is 31.4 Å². The number of carbonyl (C=O) groups is 1. The maximum absolute atomic E-state index is 12.1. The van der Waals surface area contributed by atoms with Gasteiger partial charge in [0.1, 0.15) is 0 Å². The fraction of sp³-hybridized carbons (Fsp3) is 0.533. The van der Waals surface area contributed by atoms with Gasteiger partial charge in [0, 0.05) is 11.4 Å². The zero-order valence-corrected chi connectivity index (χ0v) is 12.3. The van der Waals surface area contributed by atoms with Gasteiger partial charge >= 0.3 is 0 Å². The molecule has 104 valence electrons. The second-order valence-corrected chi connectivity index (χ2v) is 6.31. The highest BCUT2D eigenvalue weighted by Crippen LogP contribution is 2.29. The summed E-state index contributed by atoms with van der Waals surface area (Å²) in [6.45, 7) is 2.62. The van der Waals surface area contributed by atoms with Crippen molar-refractivity contribution < 1.29 is 4.79 Å². The Labute approximate surface area is 119 Å². The highest BCUT2D eigenvalue weighted by atomic mass is 32.2. The Kier molecular flexibility index (Phi) is 4.88. The van der Waals surface area contributed by atoms with Gasteiger partial charge in [0.15, 0.2) is 0 Å². The van der Waals surface area contributed by atoms with Gasteiger partial charge in [0.2, 0.25) is 5.91 Å². The maximum atomic E-state index is 12.1. The molecule has 0 bridgehead atoms. The molecule has 0 aromatic heterocycles. The topological polar surface area (TPSA) is 55.1 Å². The standard InChI is InChI=1S/C15H22N2OS/c1-12-6-2-3-7-13(12)19-10-14(18)17-15(11-16)8-4-5-9-15/h2-3,6-7H,4-5,8-11,16H2,1H3,(H,17,18). The lowest BCUT2D eigenvalue weighted by atomic mass is 9.98. The molecule has 0 saturated heterocycles. The molecule has 1 aliphatic rings. The van der Waals surface area contributed by atoms with Gasteiger partial charge in [-0.2, -0.15) is 0 Å². The van der Waals surface area contributed by atoms with Crippen molar-refractivity contribution >= 4 is 17.7 Å². The van der Waals surface area contributed by atoms with Crippen LogP contribution in [0.25, 0.3) is 0 Å². The van der Waals surface area contributed by atoms with Crippen LogP contribution < -0.4 is 11.1 Å². The molecular formula is C15H22N2OS. The van der Waals surface area contributed by atoms with Crippen LogP contribution >= 0.6 is 11.8 Å². The van der Waals surface area contributed by atoms with Gasteiger partial charge in [-0.25, -0.2) is 0 Å². The van der Waals surface area contributed by atoms with Crippen LogP contribution in [0.1, 0.15) is 31.2 Å². The quantitative estimate of drug-likeness (QED) is 0.814. The number of hydrogen-bond donors (Lipinski definition) is 2. The Morgan fingerprint density at radius 1 is 1.37 bits per heavy atom. The molecule has 0 radical (unpaired) electrons. The minimum Gasteiger partial charge on any atom is -0.349 e. The molecule has 4 heteroatoms. The number of benzene rings is 1. The summed E-state index contributed by atoms with van der Waals surface area (Å²) in [6.07, 6.45) is 4.37. The first kappa shape index (κ1) is 14.4. The van der Waals surface area contributed by atoms with Crippen molar-refractivity contribution in [3.8, 4) is 0 Å². The average Bonchev–Trinajstić information content (AvgIpc) is 2.87. The average molecular weight is 278 g/mol. The van der Waals surface area contributed by atoms with Crippen LogP contribution in [0.3, 0.4) is 0 Å². The van der Waals surface area contributed by atoms with Crippen molar-refractivity contribution in [1.82, 2.24) is 5.32 Å². The first-order valence-corrected chi connectivity index (χ1v) is 7.83. The minimum atomic E-state index is -0.136. The van der Waals surface area contributed by atoms with Crippen molar-refractivity contribution in [3.05, 3.63) is 29.8 Å². The summed E-state index contributed by atoms with van der Waals surface area (Å²) in [5.41, 5.74) is 6.91. The zero-order chi connectivity index (χ0) is 13.7. The summed E-state index contributed by atoms with van der Waals surface area (Å²) in [5, 5.41) is 3.15. The predicted molar refractivity (Wildman–Crippen MR) is 80.3 cm³/mol. The number of carbonyl (C=O) groups excluding carboxylic acids is 1. The van der Waals surface area contributed by atoms with E-state index in [4.69, 9.17) is 5.73 Å². The number of amides is 1. The number of nitrogens with one attached hydrogen (secondary N) is 1. The second-order valence-electron chi connectivity index (χ2n) is 5.29. The maximum Gasteiger partial charge on any atom is 0.230 e. The van der Waals surface area contributed by atoms with E-state index < -0.39 is 0 Å². The minimum absolute atomic E-state index is 0.0978. The van der Waals surface area contributed by atoms with E-state index in [0.717, 1.165) is 12.8 Å². The van der Waals surface area contributed by atoms with Crippen LogP contribution in [-0.4, -0.2) is 23.7 Å². The number of nitrogens with two attached hydrogens (primary N) is 1. The zero-order valence-electron chi connectivity index (χ0n) is 11.4. The normalized spacial score (nSPS) is 17.4. The Balaban J connectivity index is 1.86. The number of aryl methyl sites for hydroxylation is 1. The predicted octanol–water partition coefficient (Wildman–Crippen LogP) is 2.47. The van der Waals surface area contributed by atoms with Gasteiger partial charge < -0.3 is 11.1 Å². The lowest BCUT2D eigenvalue weighted by Gasteiger charge is -2.28. The lowest BCUT2D eigenvalue weighted by molar-refractivity contribution is -0.120. The van der Waals surface area contributed by atoms with Crippen LogP contribution in [-0.2, 0) is 4.79 Å².